The number of rotatable bonds is 4. The molecule has 0 radical (unpaired) electrons. The number of hydrogen-bond acceptors (Lipinski definition) is 11. The number of nitrogens with zero attached hydrogens (tertiary/aromatic N) is 3. The first kappa shape index (κ1) is 25.4. The first-order chi connectivity index (χ1) is 16.7. The highest BCUT2D eigenvalue weighted by Gasteiger charge is 2.69. The number of aromatic hydroxyl groups is 1. The molecule has 0 bridgehead atoms. The van der Waals surface area contributed by atoms with Crippen LogP contribution in [0.3, 0.4) is 0 Å². The highest BCUT2D eigenvalue weighted by molar-refractivity contribution is 6.32. The van der Waals surface area contributed by atoms with E-state index in [0.29, 0.717) is 5.69 Å². The van der Waals surface area contributed by atoms with E-state index in [2.05, 4.69) is 0 Å². The quantitative estimate of drug-likeness (QED) is 0.255. The zero-order chi connectivity index (χ0) is 27.0. The highest BCUT2D eigenvalue weighted by atomic mass is 16.6. The maximum absolute atomic E-state index is 13.7. The molecule has 36 heavy (non-hydrogen) atoms. The second-order valence-electron chi connectivity index (χ2n) is 10.1. The lowest BCUT2D eigenvalue weighted by molar-refractivity contribution is -0.385. The molecule has 0 saturated heterocycles. The Bertz CT molecular complexity index is 1260. The van der Waals surface area contributed by atoms with Crippen LogP contribution in [0.25, 0.3) is 0 Å². The maximum Gasteiger partial charge on any atom is 0.313 e. The number of hydrogen-bond donors (Lipinski definition) is 3. The fourth-order valence-corrected chi connectivity index (χ4v) is 6.18. The molecule has 3 unspecified atom stereocenters. The molecule has 2 fully saturated rings. The molecule has 192 valence electrons. The molecular weight excluding hydrogens is 476 g/mol. The zero-order valence-corrected chi connectivity index (χ0v) is 20.0. The number of phenolic OH excluding ortho intramolecular Hbond substituents is 1. The van der Waals surface area contributed by atoms with Gasteiger partial charge in [-0.3, -0.25) is 39.0 Å². The summed E-state index contributed by atoms with van der Waals surface area (Å²) in [5.41, 5.74) is 1.86. The topological polar surface area (TPSA) is 201 Å². The Morgan fingerprint density at radius 3 is 2.28 bits per heavy atom. The average Bonchev–Trinajstić information content (AvgIpc) is 2.75. The van der Waals surface area contributed by atoms with Crippen molar-refractivity contribution in [3.05, 3.63) is 27.3 Å². The number of anilines is 1. The van der Waals surface area contributed by atoms with Crippen molar-refractivity contribution in [1.29, 1.82) is 0 Å². The summed E-state index contributed by atoms with van der Waals surface area (Å²) in [6, 6.07) is -0.0681. The van der Waals surface area contributed by atoms with Gasteiger partial charge < -0.3 is 20.8 Å². The van der Waals surface area contributed by atoms with Crippen molar-refractivity contribution in [3.63, 3.8) is 0 Å². The molecule has 4 N–H and O–H groups in total. The third-order valence-electron chi connectivity index (χ3n) is 7.70. The number of ketones is 4. The van der Waals surface area contributed by atoms with E-state index in [-0.39, 0.29) is 18.4 Å². The monoisotopic (exact) mass is 502 g/mol. The van der Waals surface area contributed by atoms with Crippen LogP contribution in [0.1, 0.15) is 22.3 Å². The summed E-state index contributed by atoms with van der Waals surface area (Å²) in [4.78, 5) is 79.3. The van der Waals surface area contributed by atoms with Gasteiger partial charge >= 0.3 is 5.69 Å². The van der Waals surface area contributed by atoms with Gasteiger partial charge in [0, 0.05) is 31.8 Å². The molecule has 1 aromatic carbocycles. The summed E-state index contributed by atoms with van der Waals surface area (Å²) in [5.74, 6) is -12.3. The van der Waals surface area contributed by atoms with E-state index in [9.17, 15) is 44.3 Å². The van der Waals surface area contributed by atoms with Crippen molar-refractivity contribution < 1.29 is 39.1 Å². The van der Waals surface area contributed by atoms with E-state index in [1.54, 1.807) is 14.1 Å². The van der Waals surface area contributed by atoms with E-state index < -0.39 is 86.3 Å². The van der Waals surface area contributed by atoms with Crippen LogP contribution in [0.4, 0.5) is 11.4 Å². The Kier molecular flexibility index (Phi) is 5.76. The van der Waals surface area contributed by atoms with Crippen LogP contribution in [0, 0.1) is 33.8 Å². The second-order valence-corrected chi connectivity index (χ2v) is 10.1. The lowest BCUT2D eigenvalue weighted by Gasteiger charge is -2.52. The lowest BCUT2D eigenvalue weighted by Crippen LogP contribution is -2.74. The van der Waals surface area contributed by atoms with Gasteiger partial charge in [0.25, 0.3) is 0 Å². The minimum absolute atomic E-state index is 0.0188. The number of fused-ring (bicyclic) bond motifs is 3. The number of phenols is 1. The molecular formula is C23H26N4O9. The summed E-state index contributed by atoms with van der Waals surface area (Å²) < 4.78 is 0. The van der Waals surface area contributed by atoms with E-state index in [1.807, 2.05) is 0 Å². The van der Waals surface area contributed by atoms with Gasteiger partial charge in [-0.2, -0.15) is 0 Å². The fourth-order valence-electron chi connectivity index (χ4n) is 6.18. The van der Waals surface area contributed by atoms with Crippen molar-refractivity contribution >= 4 is 40.4 Å². The van der Waals surface area contributed by atoms with Gasteiger partial charge in [-0.25, -0.2) is 0 Å². The molecule has 4 rings (SSSR count). The van der Waals surface area contributed by atoms with Gasteiger partial charge in [-0.05, 0) is 38.4 Å². The molecule has 13 heteroatoms. The first-order valence-electron chi connectivity index (χ1n) is 11.2. The van der Waals surface area contributed by atoms with E-state index in [1.165, 1.54) is 23.9 Å². The van der Waals surface area contributed by atoms with Crippen LogP contribution in [0.2, 0.25) is 0 Å². The third kappa shape index (κ3) is 3.19. The lowest BCUT2D eigenvalue weighted by atomic mass is 9.52. The normalized spacial score (nSPS) is 31.6. The van der Waals surface area contributed by atoms with Gasteiger partial charge in [0.05, 0.1) is 22.4 Å². The summed E-state index contributed by atoms with van der Waals surface area (Å²) in [7, 11) is 6.19. The highest BCUT2D eigenvalue weighted by Crippen LogP contribution is 2.52. The van der Waals surface area contributed by atoms with Crippen molar-refractivity contribution in [3.8, 4) is 5.75 Å². The van der Waals surface area contributed by atoms with Gasteiger partial charge in [-0.15, -0.1) is 0 Å². The molecule has 6 atom stereocenters. The molecule has 0 heterocycles. The molecule has 3 aliphatic rings. The minimum atomic E-state index is -2.85. The number of benzene rings is 1. The Labute approximate surface area is 205 Å². The van der Waals surface area contributed by atoms with Crippen LogP contribution in [0.15, 0.2) is 6.07 Å². The number of carbonyl (C=O) groups excluding carboxylic acids is 5. The number of carbonyl (C=O) groups is 5. The van der Waals surface area contributed by atoms with Gasteiger partial charge in [0.1, 0.15) is 0 Å². The number of Topliss-reactive ketones (excluding diaryl/α,β-unsaturated/α-hetero) is 4. The zero-order valence-electron chi connectivity index (χ0n) is 20.0. The number of primary amides is 1. The van der Waals surface area contributed by atoms with Gasteiger partial charge in [0.2, 0.25) is 11.7 Å². The number of nitro groups is 1. The third-order valence-corrected chi connectivity index (χ3v) is 7.70. The van der Waals surface area contributed by atoms with E-state index >= 15 is 0 Å². The Hall–Kier alpha value is -3.71. The summed E-state index contributed by atoms with van der Waals surface area (Å²) >= 11 is 0. The molecule has 2 saturated carbocycles. The Balaban J connectivity index is 1.93. The van der Waals surface area contributed by atoms with Crippen molar-refractivity contribution in [2.45, 2.75) is 24.5 Å². The van der Waals surface area contributed by atoms with Crippen molar-refractivity contribution in [2.24, 2.45) is 29.4 Å². The largest absolute Gasteiger partial charge is 0.502 e. The Morgan fingerprint density at radius 1 is 1.17 bits per heavy atom. The van der Waals surface area contributed by atoms with Crippen LogP contribution in [-0.2, 0) is 25.6 Å². The average molecular weight is 502 g/mol. The second kappa shape index (κ2) is 8.17. The van der Waals surface area contributed by atoms with Crippen molar-refractivity contribution in [1.82, 2.24) is 4.90 Å². The molecule has 1 amide bonds. The first-order valence-corrected chi connectivity index (χ1v) is 11.2. The maximum atomic E-state index is 13.7. The summed E-state index contributed by atoms with van der Waals surface area (Å²) in [6.45, 7) is 0. The predicted octanol–water partition coefficient (Wildman–Crippen LogP) is -1.16. The SMILES string of the molecule is CN(C)c1cc([N+](=O)[O-])c(O)c2c1C[C@H]1C[C@H]3C(N(C)C)C(=O)C(C(N)=O)C(=O)[C@@]3(O)C(=O)C1C2=O. The fraction of sp³-hybridized carbons (Fsp3) is 0.522. The van der Waals surface area contributed by atoms with Crippen LogP contribution in [-0.4, -0.2) is 88.9 Å². The molecule has 0 aromatic heterocycles. The molecule has 0 aliphatic heterocycles. The molecule has 0 spiro atoms. The van der Waals surface area contributed by atoms with E-state index in [0.717, 1.165) is 6.07 Å². The van der Waals surface area contributed by atoms with Crippen LogP contribution < -0.4 is 10.6 Å². The molecule has 13 nitrogen and oxygen atoms in total. The summed E-state index contributed by atoms with van der Waals surface area (Å²) in [5, 5.41) is 33.7. The van der Waals surface area contributed by atoms with Gasteiger partial charge in [-0.1, -0.05) is 0 Å². The Morgan fingerprint density at radius 2 is 1.78 bits per heavy atom. The molecule has 1 aromatic rings. The number of amides is 1. The van der Waals surface area contributed by atoms with E-state index in [4.69, 9.17) is 5.73 Å². The van der Waals surface area contributed by atoms with Crippen molar-refractivity contribution in [2.75, 3.05) is 33.1 Å². The molecule has 3 aliphatic carbocycles. The van der Waals surface area contributed by atoms with Gasteiger partial charge in [0.15, 0.2) is 34.7 Å². The number of nitro benzene ring substituents is 1. The predicted molar refractivity (Wildman–Crippen MR) is 122 cm³/mol. The van der Waals surface area contributed by atoms with Crippen LogP contribution in [0.5, 0.6) is 5.75 Å². The van der Waals surface area contributed by atoms with Crippen LogP contribution >= 0.6 is 0 Å². The number of aliphatic hydroxyl groups is 1. The standard InChI is InChI=1S/C23H26N4O9/c1-25(2)11-7-12(27(35)36)17(28)14-9(11)5-8-6-10-16(26(3)4)19(30)15(22(24)33)21(32)23(10,34)20(31)13(8)18(14)29/h7-8,10,13,15-16,28,34H,5-6H2,1-4H3,(H2,24,33)/t8-,10-,13?,15?,16?,23-/m0/s1. The minimum Gasteiger partial charge on any atom is -0.502 e. The number of nitrogens with two attached hydrogens (primary N) is 1. The number of likely N-dealkylation sites (N-methyl/N-ethyl adjacent to an activating group) is 1. The summed E-state index contributed by atoms with van der Waals surface area (Å²) in [6.07, 6.45) is -0.0839. The smallest absolute Gasteiger partial charge is 0.313 e.